The lowest BCUT2D eigenvalue weighted by Gasteiger charge is -2.47. The van der Waals surface area contributed by atoms with Crippen molar-refractivity contribution in [2.24, 2.45) is 0 Å². The van der Waals surface area contributed by atoms with E-state index in [-0.39, 0.29) is 0 Å². The van der Waals surface area contributed by atoms with Gasteiger partial charge in [0.2, 0.25) is 11.7 Å². The summed E-state index contributed by atoms with van der Waals surface area (Å²) in [4.78, 5) is 75.3. The van der Waals surface area contributed by atoms with Crippen molar-refractivity contribution in [3.63, 3.8) is 0 Å². The summed E-state index contributed by atoms with van der Waals surface area (Å²) in [5.41, 5.74) is 1.24. The van der Waals surface area contributed by atoms with Crippen LogP contribution >= 0.6 is 0 Å². The lowest BCUT2D eigenvalue weighted by molar-refractivity contribution is -0.302. The van der Waals surface area contributed by atoms with Crippen LogP contribution in [0.25, 0.3) is 0 Å². The quantitative estimate of drug-likeness (QED) is 0.273. The number of methoxy groups -OCH3 is 1. The number of ether oxygens (including phenoxy) is 6. The van der Waals surface area contributed by atoms with Gasteiger partial charge in [-0.2, -0.15) is 0 Å². The van der Waals surface area contributed by atoms with Gasteiger partial charge in [0.05, 0.1) is 12.5 Å². The Morgan fingerprint density at radius 2 is 1.41 bits per heavy atom. The van der Waals surface area contributed by atoms with Crippen molar-refractivity contribution in [3.05, 3.63) is 71.8 Å². The molecule has 1 aliphatic heterocycles. The first-order chi connectivity index (χ1) is 20.9. The predicted molar refractivity (Wildman–Crippen MR) is 150 cm³/mol. The molecule has 2 aromatic rings. The van der Waals surface area contributed by atoms with Gasteiger partial charge >= 0.3 is 23.9 Å². The molecule has 3 rings (SSSR count). The third kappa shape index (κ3) is 8.71. The second-order valence-electron chi connectivity index (χ2n) is 10.0. The molecule has 2 aromatic carbocycles. The number of hydrogen-bond donors (Lipinski definition) is 1. The van der Waals surface area contributed by atoms with Crippen LogP contribution in [0.2, 0.25) is 0 Å². The van der Waals surface area contributed by atoms with Crippen molar-refractivity contribution >= 4 is 35.6 Å². The van der Waals surface area contributed by atoms with E-state index in [1.807, 2.05) is 0 Å². The van der Waals surface area contributed by atoms with Gasteiger partial charge < -0.3 is 33.7 Å². The van der Waals surface area contributed by atoms with Crippen molar-refractivity contribution < 1.29 is 57.2 Å². The molecule has 13 nitrogen and oxygen atoms in total. The van der Waals surface area contributed by atoms with Crippen LogP contribution in [0.1, 0.15) is 51.3 Å². The SMILES string of the molecule is CO[C@@]1(C(=O)OC(c2ccccc2)c2ccccc2)C[C@H](OC(C)=O)[C@@H](NC(C)=O)[C@H]([C@H](OC(C)=O)C(=O)COC(C)=O)O1. The Bertz CT molecular complexity index is 1310. The van der Waals surface area contributed by atoms with E-state index in [4.69, 9.17) is 28.4 Å². The molecule has 1 N–H and O–H groups in total. The van der Waals surface area contributed by atoms with Crippen LogP contribution in [0.3, 0.4) is 0 Å². The molecule has 1 heterocycles. The van der Waals surface area contributed by atoms with Crippen LogP contribution in [0.4, 0.5) is 0 Å². The Labute approximate surface area is 254 Å². The molecule has 5 atom stereocenters. The summed E-state index contributed by atoms with van der Waals surface area (Å²) < 4.78 is 33.3. The molecule has 0 aromatic heterocycles. The van der Waals surface area contributed by atoms with E-state index in [1.54, 1.807) is 60.7 Å². The third-order valence-electron chi connectivity index (χ3n) is 6.63. The smallest absolute Gasteiger partial charge is 0.367 e. The van der Waals surface area contributed by atoms with Gasteiger partial charge in [0.1, 0.15) is 12.2 Å². The van der Waals surface area contributed by atoms with Crippen LogP contribution in [0, 0.1) is 0 Å². The minimum absolute atomic E-state index is 0.482. The number of benzene rings is 2. The number of esters is 4. The summed E-state index contributed by atoms with van der Waals surface area (Å²) in [5.74, 6) is -7.45. The van der Waals surface area contributed by atoms with Crippen molar-refractivity contribution in [2.45, 2.75) is 70.4 Å². The standard InChI is InChI=1S/C31H35NO12/c1-18(33)32-26-25(41-20(3)35)16-31(39-5,44-29(26)28(42-21(4)36)24(37)17-40-19(2)34)30(38)43-27(22-12-8-6-9-13-22)23-14-10-7-11-15-23/h6-15,25-29H,16-17H2,1-5H3,(H,32,33)/t25-,26+,28+,29+,31-/m0/s1. The Morgan fingerprint density at radius 1 is 0.841 bits per heavy atom. The molecule has 236 valence electrons. The second-order valence-corrected chi connectivity index (χ2v) is 10.0. The lowest BCUT2D eigenvalue weighted by atomic mass is 9.88. The molecule has 0 unspecified atom stereocenters. The molecule has 1 aliphatic rings. The van der Waals surface area contributed by atoms with Gasteiger partial charge in [-0.1, -0.05) is 60.7 Å². The van der Waals surface area contributed by atoms with Gasteiger partial charge in [-0.25, -0.2) is 4.79 Å². The van der Waals surface area contributed by atoms with Gasteiger partial charge in [-0.15, -0.1) is 0 Å². The van der Waals surface area contributed by atoms with Gasteiger partial charge in [0.25, 0.3) is 5.79 Å². The molecular formula is C31H35NO12. The Kier molecular flexibility index (Phi) is 11.7. The maximum absolute atomic E-state index is 14.1. The number of Topliss-reactive ketones (excluding diaryl/α,β-unsaturated/α-hetero) is 1. The van der Waals surface area contributed by atoms with Crippen LogP contribution < -0.4 is 5.32 Å². The van der Waals surface area contributed by atoms with Crippen molar-refractivity contribution in [3.8, 4) is 0 Å². The number of amides is 1. The maximum Gasteiger partial charge on any atom is 0.367 e. The normalized spacial score (nSPS) is 21.8. The average molecular weight is 614 g/mol. The summed E-state index contributed by atoms with van der Waals surface area (Å²) in [6, 6.07) is 16.4. The highest BCUT2D eigenvalue weighted by atomic mass is 16.7. The molecule has 0 aliphatic carbocycles. The van der Waals surface area contributed by atoms with E-state index in [1.165, 1.54) is 6.92 Å². The van der Waals surface area contributed by atoms with Crippen molar-refractivity contribution in [1.82, 2.24) is 5.32 Å². The molecule has 0 spiro atoms. The Balaban J connectivity index is 2.11. The van der Waals surface area contributed by atoms with Crippen LogP contribution in [-0.2, 0) is 57.2 Å². The monoisotopic (exact) mass is 613 g/mol. The van der Waals surface area contributed by atoms with Crippen molar-refractivity contribution in [2.75, 3.05) is 13.7 Å². The minimum atomic E-state index is -2.33. The van der Waals surface area contributed by atoms with Gasteiger partial charge in [-0.05, 0) is 11.1 Å². The first-order valence-electron chi connectivity index (χ1n) is 13.7. The van der Waals surface area contributed by atoms with Crippen LogP contribution in [0.15, 0.2) is 60.7 Å². The zero-order valence-corrected chi connectivity index (χ0v) is 25.0. The number of hydrogen-bond acceptors (Lipinski definition) is 12. The molecule has 1 fully saturated rings. The number of nitrogens with one attached hydrogen (secondary N) is 1. The first-order valence-corrected chi connectivity index (χ1v) is 13.7. The molecule has 0 bridgehead atoms. The van der Waals surface area contributed by atoms with Gasteiger partial charge in [0.15, 0.2) is 18.8 Å². The molecule has 0 saturated carbocycles. The summed E-state index contributed by atoms with van der Waals surface area (Å²) >= 11 is 0. The lowest BCUT2D eigenvalue weighted by Crippen LogP contribution is -2.68. The summed E-state index contributed by atoms with van der Waals surface area (Å²) in [6.45, 7) is 3.54. The fourth-order valence-electron chi connectivity index (χ4n) is 4.81. The fourth-order valence-corrected chi connectivity index (χ4v) is 4.81. The fraction of sp³-hybridized carbons (Fsp3) is 0.419. The van der Waals surface area contributed by atoms with Crippen molar-refractivity contribution in [1.29, 1.82) is 0 Å². The zero-order valence-electron chi connectivity index (χ0n) is 25.0. The number of ketones is 1. The van der Waals surface area contributed by atoms with E-state index in [9.17, 15) is 28.8 Å². The highest BCUT2D eigenvalue weighted by Crippen LogP contribution is 2.38. The molecular weight excluding hydrogens is 578 g/mol. The number of carbonyl (C=O) groups excluding carboxylic acids is 6. The topological polar surface area (TPSA) is 170 Å². The summed E-state index contributed by atoms with van der Waals surface area (Å²) in [5, 5.41) is 2.55. The Hall–Kier alpha value is -4.62. The second kappa shape index (κ2) is 15.2. The third-order valence-corrected chi connectivity index (χ3v) is 6.63. The van der Waals surface area contributed by atoms with Crippen LogP contribution in [-0.4, -0.2) is 79.4 Å². The van der Waals surface area contributed by atoms with Gasteiger partial charge in [0, 0.05) is 34.8 Å². The molecule has 1 saturated heterocycles. The van der Waals surface area contributed by atoms with E-state index >= 15 is 0 Å². The highest BCUT2D eigenvalue weighted by molar-refractivity contribution is 5.89. The molecule has 0 radical (unpaired) electrons. The largest absolute Gasteiger partial charge is 0.460 e. The molecule has 13 heteroatoms. The average Bonchev–Trinajstić information content (AvgIpc) is 2.98. The van der Waals surface area contributed by atoms with E-state index in [0.29, 0.717) is 11.1 Å². The van der Waals surface area contributed by atoms with Crippen LogP contribution in [0.5, 0.6) is 0 Å². The Morgan fingerprint density at radius 3 is 1.86 bits per heavy atom. The number of carbonyl (C=O) groups is 6. The van der Waals surface area contributed by atoms with Gasteiger partial charge in [-0.3, -0.25) is 24.0 Å². The van der Waals surface area contributed by atoms with E-state index in [0.717, 1.165) is 27.9 Å². The summed E-state index contributed by atoms with van der Waals surface area (Å²) in [7, 11) is 1.14. The first kappa shape index (κ1) is 33.9. The zero-order chi connectivity index (χ0) is 32.4. The summed E-state index contributed by atoms with van der Waals surface area (Å²) in [6.07, 6.45) is -6.28. The molecule has 1 amide bonds. The van der Waals surface area contributed by atoms with E-state index < -0.39 is 84.8 Å². The maximum atomic E-state index is 14.1. The number of rotatable bonds is 12. The minimum Gasteiger partial charge on any atom is -0.460 e. The highest BCUT2D eigenvalue weighted by Gasteiger charge is 2.59. The van der Waals surface area contributed by atoms with E-state index in [2.05, 4.69) is 5.32 Å². The molecule has 44 heavy (non-hydrogen) atoms. The predicted octanol–water partition coefficient (Wildman–Crippen LogP) is 1.95.